The molecule has 4 rings (SSSR count). The minimum Gasteiger partial charge on any atom is -0.391 e. The van der Waals surface area contributed by atoms with Crippen molar-refractivity contribution >= 4 is 17.6 Å². The molecule has 2 fully saturated rings. The maximum atomic E-state index is 9.72. The first-order chi connectivity index (χ1) is 13.3. The molecule has 0 aromatic carbocycles. The van der Waals surface area contributed by atoms with Crippen LogP contribution in [0.25, 0.3) is 0 Å². The standard InChI is InChI=1S/C19H27N7O/c27-14-15-13-22-19(24-18(15)23-16-5-1-2-6-16)26(17-7-3-4-8-21-17)25-11-9-20-10-12-25/h3-4,7-8,13,16,20,27H,1-2,5-6,9-12,14H2,(H,22,23,24). The maximum Gasteiger partial charge on any atom is 0.248 e. The van der Waals surface area contributed by atoms with E-state index >= 15 is 0 Å². The zero-order valence-electron chi connectivity index (χ0n) is 15.5. The third-order valence-corrected chi connectivity index (χ3v) is 5.15. The van der Waals surface area contributed by atoms with Gasteiger partial charge in [-0.05, 0) is 25.0 Å². The molecule has 0 atom stereocenters. The average Bonchev–Trinajstić information content (AvgIpc) is 3.23. The number of nitrogens with zero attached hydrogens (tertiary/aromatic N) is 5. The number of piperazine rings is 1. The molecule has 8 nitrogen and oxygen atoms in total. The second kappa shape index (κ2) is 8.60. The van der Waals surface area contributed by atoms with Crippen LogP contribution in [0.3, 0.4) is 0 Å². The number of hydrazine groups is 1. The van der Waals surface area contributed by atoms with E-state index in [2.05, 4.69) is 25.6 Å². The van der Waals surface area contributed by atoms with Gasteiger partial charge in [-0.25, -0.2) is 20.0 Å². The van der Waals surface area contributed by atoms with Crippen molar-refractivity contribution in [1.29, 1.82) is 0 Å². The molecule has 0 bridgehead atoms. The summed E-state index contributed by atoms with van der Waals surface area (Å²) in [5, 5.41) is 20.8. The zero-order chi connectivity index (χ0) is 18.5. The smallest absolute Gasteiger partial charge is 0.248 e. The molecule has 1 aliphatic heterocycles. The van der Waals surface area contributed by atoms with Gasteiger partial charge in [0.2, 0.25) is 5.95 Å². The van der Waals surface area contributed by atoms with E-state index in [0.717, 1.165) is 56.2 Å². The highest BCUT2D eigenvalue weighted by Gasteiger charge is 2.25. The van der Waals surface area contributed by atoms with Crippen LogP contribution in [0.4, 0.5) is 17.6 Å². The molecule has 1 aliphatic carbocycles. The first kappa shape index (κ1) is 18.1. The van der Waals surface area contributed by atoms with Crippen molar-refractivity contribution in [3.05, 3.63) is 36.2 Å². The van der Waals surface area contributed by atoms with Crippen LogP contribution >= 0.6 is 0 Å². The summed E-state index contributed by atoms with van der Waals surface area (Å²) in [4.78, 5) is 13.9. The Balaban J connectivity index is 1.68. The van der Waals surface area contributed by atoms with Gasteiger partial charge in [0.1, 0.15) is 11.6 Å². The van der Waals surface area contributed by atoms with Crippen LogP contribution < -0.4 is 15.6 Å². The van der Waals surface area contributed by atoms with E-state index in [-0.39, 0.29) is 6.61 Å². The topological polar surface area (TPSA) is 89.4 Å². The van der Waals surface area contributed by atoms with Crippen molar-refractivity contribution in [2.75, 3.05) is 36.5 Å². The molecule has 2 aromatic rings. The predicted octanol–water partition coefficient (Wildman–Crippen LogP) is 1.68. The van der Waals surface area contributed by atoms with Gasteiger partial charge in [0.05, 0.1) is 6.61 Å². The van der Waals surface area contributed by atoms with Crippen molar-refractivity contribution < 1.29 is 5.11 Å². The Morgan fingerprint density at radius 1 is 1.19 bits per heavy atom. The lowest BCUT2D eigenvalue weighted by molar-refractivity contribution is 0.238. The minimum atomic E-state index is -0.0768. The lowest BCUT2D eigenvalue weighted by Crippen LogP contribution is -2.51. The van der Waals surface area contributed by atoms with E-state index in [1.807, 2.05) is 23.2 Å². The van der Waals surface area contributed by atoms with Crippen LogP contribution in [-0.2, 0) is 6.61 Å². The summed E-state index contributed by atoms with van der Waals surface area (Å²) in [7, 11) is 0. The molecular weight excluding hydrogens is 342 g/mol. The van der Waals surface area contributed by atoms with Gasteiger partial charge < -0.3 is 15.7 Å². The molecule has 2 aromatic heterocycles. The molecule has 8 heteroatoms. The second-order valence-electron chi connectivity index (χ2n) is 7.03. The Morgan fingerprint density at radius 2 is 2.00 bits per heavy atom. The average molecular weight is 369 g/mol. The fourth-order valence-corrected chi connectivity index (χ4v) is 3.71. The quantitative estimate of drug-likeness (QED) is 0.709. The number of hydrogen-bond donors (Lipinski definition) is 3. The Labute approximate surface area is 159 Å². The Kier molecular flexibility index (Phi) is 5.76. The predicted molar refractivity (Wildman–Crippen MR) is 105 cm³/mol. The SMILES string of the molecule is OCc1cnc(N(c2ccccn2)N2CCNCC2)nc1NC1CCCC1. The summed E-state index contributed by atoms with van der Waals surface area (Å²) in [5.74, 6) is 2.10. The van der Waals surface area contributed by atoms with Gasteiger partial charge in [-0.1, -0.05) is 18.9 Å². The number of aliphatic hydroxyl groups is 1. The van der Waals surface area contributed by atoms with Crippen molar-refractivity contribution in [2.45, 2.75) is 38.3 Å². The zero-order valence-corrected chi connectivity index (χ0v) is 15.5. The molecule has 0 unspecified atom stereocenters. The van der Waals surface area contributed by atoms with Gasteiger partial charge in [-0.3, -0.25) is 0 Å². The molecule has 144 valence electrons. The Morgan fingerprint density at radius 3 is 2.70 bits per heavy atom. The largest absolute Gasteiger partial charge is 0.391 e. The number of aromatic nitrogens is 3. The summed E-state index contributed by atoms with van der Waals surface area (Å²) in [6.45, 7) is 3.45. The van der Waals surface area contributed by atoms with Crippen molar-refractivity contribution in [2.24, 2.45) is 0 Å². The van der Waals surface area contributed by atoms with Crippen LogP contribution in [0.1, 0.15) is 31.2 Å². The number of nitrogens with one attached hydrogen (secondary N) is 2. The van der Waals surface area contributed by atoms with Gasteiger partial charge in [-0.15, -0.1) is 0 Å². The highest BCUT2D eigenvalue weighted by molar-refractivity contribution is 5.55. The normalized spacial score (nSPS) is 18.6. The van der Waals surface area contributed by atoms with Crippen LogP contribution in [0.15, 0.2) is 30.6 Å². The summed E-state index contributed by atoms with van der Waals surface area (Å²) >= 11 is 0. The van der Waals surface area contributed by atoms with E-state index in [0.29, 0.717) is 12.0 Å². The fraction of sp³-hybridized carbons (Fsp3) is 0.526. The Bertz CT molecular complexity index is 730. The van der Waals surface area contributed by atoms with E-state index in [9.17, 15) is 5.11 Å². The molecule has 0 spiro atoms. The van der Waals surface area contributed by atoms with Crippen LogP contribution in [0, 0.1) is 0 Å². The van der Waals surface area contributed by atoms with Crippen molar-refractivity contribution in [1.82, 2.24) is 25.3 Å². The van der Waals surface area contributed by atoms with Gasteiger partial charge >= 0.3 is 0 Å². The van der Waals surface area contributed by atoms with E-state index in [1.54, 1.807) is 12.4 Å². The van der Waals surface area contributed by atoms with Gasteiger partial charge in [0.25, 0.3) is 0 Å². The van der Waals surface area contributed by atoms with Crippen LogP contribution in [-0.4, -0.2) is 57.3 Å². The van der Waals surface area contributed by atoms with Crippen LogP contribution in [0.2, 0.25) is 0 Å². The number of aliphatic hydroxyl groups excluding tert-OH is 1. The van der Waals surface area contributed by atoms with Crippen molar-refractivity contribution in [3.8, 4) is 0 Å². The molecule has 0 amide bonds. The lowest BCUT2D eigenvalue weighted by atomic mass is 10.2. The maximum absolute atomic E-state index is 9.72. The number of hydrogen-bond acceptors (Lipinski definition) is 8. The molecule has 27 heavy (non-hydrogen) atoms. The summed E-state index contributed by atoms with van der Waals surface area (Å²) in [6.07, 6.45) is 8.27. The van der Waals surface area contributed by atoms with Gasteiger partial charge in [-0.2, -0.15) is 4.98 Å². The molecule has 3 heterocycles. The van der Waals surface area contributed by atoms with Crippen LogP contribution in [0.5, 0.6) is 0 Å². The molecule has 2 aliphatic rings. The molecular formula is C19H27N7O. The lowest BCUT2D eigenvalue weighted by Gasteiger charge is -2.36. The summed E-state index contributed by atoms with van der Waals surface area (Å²) in [6, 6.07) is 6.26. The highest BCUT2D eigenvalue weighted by atomic mass is 16.3. The van der Waals surface area contributed by atoms with Gasteiger partial charge in [0, 0.05) is 50.2 Å². The third kappa shape index (κ3) is 4.18. The fourth-order valence-electron chi connectivity index (χ4n) is 3.71. The summed E-state index contributed by atoms with van der Waals surface area (Å²) < 4.78 is 0. The molecule has 1 saturated heterocycles. The monoisotopic (exact) mass is 369 g/mol. The van der Waals surface area contributed by atoms with E-state index < -0.39 is 0 Å². The van der Waals surface area contributed by atoms with Gasteiger partial charge in [0.15, 0.2) is 0 Å². The first-order valence-electron chi connectivity index (χ1n) is 9.75. The molecule has 1 saturated carbocycles. The third-order valence-electron chi connectivity index (χ3n) is 5.15. The molecule has 0 radical (unpaired) electrons. The summed E-state index contributed by atoms with van der Waals surface area (Å²) in [5.41, 5.74) is 0.729. The number of pyridine rings is 1. The Hall–Kier alpha value is -2.29. The number of anilines is 3. The first-order valence-corrected chi connectivity index (χ1v) is 9.75. The highest BCUT2D eigenvalue weighted by Crippen LogP contribution is 2.27. The molecule has 3 N–H and O–H groups in total. The van der Waals surface area contributed by atoms with E-state index in [4.69, 9.17) is 4.98 Å². The minimum absolute atomic E-state index is 0.0768. The number of rotatable bonds is 6. The second-order valence-corrected chi connectivity index (χ2v) is 7.03. The van der Waals surface area contributed by atoms with Crippen molar-refractivity contribution in [3.63, 3.8) is 0 Å². The van der Waals surface area contributed by atoms with E-state index in [1.165, 1.54) is 12.8 Å².